The zero-order valence-electron chi connectivity index (χ0n) is 15.1. The Morgan fingerprint density at radius 2 is 2.33 bits per heavy atom. The van der Waals surface area contributed by atoms with E-state index in [1.807, 2.05) is 12.1 Å². The Morgan fingerprint density at radius 3 is 3.00 bits per heavy atom. The molecular formula is C18H31IN4O. The summed E-state index contributed by atoms with van der Waals surface area (Å²) in [7, 11) is 0. The van der Waals surface area contributed by atoms with Crippen molar-refractivity contribution in [3.05, 3.63) is 24.5 Å². The Hall–Kier alpha value is -1.05. The highest BCUT2D eigenvalue weighted by Crippen LogP contribution is 2.23. The van der Waals surface area contributed by atoms with E-state index in [4.69, 9.17) is 9.73 Å². The second-order valence-corrected chi connectivity index (χ2v) is 6.50. The predicted molar refractivity (Wildman–Crippen MR) is 110 cm³/mol. The second kappa shape index (κ2) is 11.5. The maximum atomic E-state index is 5.66. The van der Waals surface area contributed by atoms with Gasteiger partial charge in [-0.2, -0.15) is 0 Å². The zero-order chi connectivity index (χ0) is 16.5. The fraction of sp³-hybridized carbons (Fsp3) is 0.667. The lowest BCUT2D eigenvalue weighted by atomic mass is 9.97. The highest BCUT2D eigenvalue weighted by molar-refractivity contribution is 14.0. The molecule has 0 bridgehead atoms. The van der Waals surface area contributed by atoms with Gasteiger partial charge in [0.25, 0.3) is 0 Å². The van der Waals surface area contributed by atoms with E-state index in [2.05, 4.69) is 36.0 Å². The number of guanidine groups is 1. The Balaban J connectivity index is 0.00000288. The van der Waals surface area contributed by atoms with Gasteiger partial charge in [0, 0.05) is 25.8 Å². The van der Waals surface area contributed by atoms with Crippen LogP contribution < -0.4 is 10.1 Å². The minimum atomic E-state index is 0. The Morgan fingerprint density at radius 1 is 1.50 bits per heavy atom. The Bertz CT molecular complexity index is 481. The first-order chi connectivity index (χ1) is 11.2. The van der Waals surface area contributed by atoms with E-state index in [-0.39, 0.29) is 24.0 Å². The zero-order valence-corrected chi connectivity index (χ0v) is 17.4. The molecule has 0 amide bonds. The third kappa shape index (κ3) is 7.23. The van der Waals surface area contributed by atoms with Crippen molar-refractivity contribution >= 4 is 29.9 Å². The first kappa shape index (κ1) is 21.0. The minimum absolute atomic E-state index is 0. The van der Waals surface area contributed by atoms with Crippen molar-refractivity contribution in [2.45, 2.75) is 33.6 Å². The topological polar surface area (TPSA) is 49.8 Å². The third-order valence-electron chi connectivity index (χ3n) is 3.98. The van der Waals surface area contributed by atoms with Gasteiger partial charge in [-0.3, -0.25) is 4.98 Å². The van der Waals surface area contributed by atoms with Gasteiger partial charge in [-0.1, -0.05) is 13.8 Å². The quantitative estimate of drug-likeness (QED) is 0.302. The number of pyridine rings is 1. The molecule has 5 nitrogen and oxygen atoms in total. The molecule has 1 aliphatic heterocycles. The van der Waals surface area contributed by atoms with E-state index in [0.29, 0.717) is 13.2 Å². The Labute approximate surface area is 163 Å². The second-order valence-electron chi connectivity index (χ2n) is 6.50. The third-order valence-corrected chi connectivity index (χ3v) is 3.98. The number of nitrogens with zero attached hydrogens (tertiary/aromatic N) is 3. The van der Waals surface area contributed by atoms with Crippen molar-refractivity contribution in [3.63, 3.8) is 0 Å². The molecule has 1 N–H and O–H groups in total. The van der Waals surface area contributed by atoms with Crippen molar-refractivity contribution in [1.82, 2.24) is 15.2 Å². The standard InChI is InChI=1S/C18H30N4O.HI/c1-4-20-18(22-10-7-16(14-22)12-15(2)3)21-9-11-23-17-6-5-8-19-13-17;/h5-6,8,13,15-16H,4,7,9-12,14H2,1-3H3,(H,20,21);1H. The number of ether oxygens (including phenoxy) is 1. The average molecular weight is 446 g/mol. The maximum absolute atomic E-state index is 5.66. The smallest absolute Gasteiger partial charge is 0.194 e. The summed E-state index contributed by atoms with van der Waals surface area (Å²) in [5, 5.41) is 3.41. The molecule has 1 aromatic heterocycles. The van der Waals surface area contributed by atoms with Crippen LogP contribution in [-0.4, -0.2) is 48.6 Å². The van der Waals surface area contributed by atoms with E-state index in [1.165, 1.54) is 12.8 Å². The van der Waals surface area contributed by atoms with Crippen molar-refractivity contribution in [1.29, 1.82) is 0 Å². The molecule has 1 atom stereocenters. The van der Waals surface area contributed by atoms with Crippen molar-refractivity contribution in [2.24, 2.45) is 16.8 Å². The average Bonchev–Trinajstić information content (AvgIpc) is 2.99. The summed E-state index contributed by atoms with van der Waals surface area (Å²) in [4.78, 5) is 11.1. The van der Waals surface area contributed by atoms with Gasteiger partial charge in [0.05, 0.1) is 12.7 Å². The van der Waals surface area contributed by atoms with Crippen LogP contribution in [0.2, 0.25) is 0 Å². The van der Waals surface area contributed by atoms with Crippen molar-refractivity contribution in [3.8, 4) is 5.75 Å². The lowest BCUT2D eigenvalue weighted by molar-refractivity contribution is 0.326. The molecule has 1 saturated heterocycles. The van der Waals surface area contributed by atoms with Crippen LogP contribution in [0.25, 0.3) is 0 Å². The highest BCUT2D eigenvalue weighted by atomic mass is 127. The number of rotatable bonds is 7. The molecule has 0 saturated carbocycles. The number of hydrogen-bond acceptors (Lipinski definition) is 3. The summed E-state index contributed by atoms with van der Waals surface area (Å²) >= 11 is 0. The first-order valence-electron chi connectivity index (χ1n) is 8.75. The first-order valence-corrected chi connectivity index (χ1v) is 8.75. The number of aliphatic imine (C=N–C) groups is 1. The summed E-state index contributed by atoms with van der Waals surface area (Å²) in [5.74, 6) is 3.39. The van der Waals surface area contributed by atoms with Gasteiger partial charge in [-0.15, -0.1) is 24.0 Å². The molecule has 1 unspecified atom stereocenters. The molecular weight excluding hydrogens is 415 g/mol. The van der Waals surface area contributed by atoms with Gasteiger partial charge in [-0.25, -0.2) is 4.99 Å². The summed E-state index contributed by atoms with van der Waals surface area (Å²) in [6, 6.07) is 3.79. The van der Waals surface area contributed by atoms with E-state index in [0.717, 1.165) is 43.2 Å². The van der Waals surface area contributed by atoms with Gasteiger partial charge in [0.2, 0.25) is 0 Å². The van der Waals surface area contributed by atoms with Gasteiger partial charge >= 0.3 is 0 Å². The Kier molecular flexibility index (Phi) is 10.1. The van der Waals surface area contributed by atoms with Crippen LogP contribution in [0.15, 0.2) is 29.5 Å². The summed E-state index contributed by atoms with van der Waals surface area (Å²) in [5.41, 5.74) is 0. The SMILES string of the molecule is CCNC(=NCCOc1cccnc1)N1CCC(CC(C)C)C1.I. The van der Waals surface area contributed by atoms with E-state index in [1.54, 1.807) is 12.4 Å². The molecule has 1 aliphatic rings. The van der Waals surface area contributed by atoms with Crippen LogP contribution in [0.4, 0.5) is 0 Å². The molecule has 136 valence electrons. The molecule has 24 heavy (non-hydrogen) atoms. The molecule has 2 rings (SSSR count). The lowest BCUT2D eigenvalue weighted by Gasteiger charge is -2.22. The predicted octanol–water partition coefficient (Wildman–Crippen LogP) is 3.41. The largest absolute Gasteiger partial charge is 0.490 e. The number of likely N-dealkylation sites (tertiary alicyclic amines) is 1. The lowest BCUT2D eigenvalue weighted by Crippen LogP contribution is -2.40. The monoisotopic (exact) mass is 446 g/mol. The van der Waals surface area contributed by atoms with Crippen molar-refractivity contribution in [2.75, 3.05) is 32.8 Å². The normalized spacial score (nSPS) is 17.8. The van der Waals surface area contributed by atoms with E-state index < -0.39 is 0 Å². The van der Waals surface area contributed by atoms with E-state index in [9.17, 15) is 0 Å². The van der Waals surface area contributed by atoms with Gasteiger partial charge in [0.1, 0.15) is 12.4 Å². The molecule has 0 aromatic carbocycles. The van der Waals surface area contributed by atoms with Crippen LogP contribution in [-0.2, 0) is 0 Å². The van der Waals surface area contributed by atoms with Crippen LogP contribution in [0.3, 0.4) is 0 Å². The number of halogens is 1. The number of aromatic nitrogens is 1. The summed E-state index contributed by atoms with van der Waals surface area (Å²) in [6.07, 6.45) is 6.05. The van der Waals surface area contributed by atoms with Crippen LogP contribution in [0, 0.1) is 11.8 Å². The van der Waals surface area contributed by atoms with Crippen LogP contribution in [0.5, 0.6) is 5.75 Å². The molecule has 0 radical (unpaired) electrons. The molecule has 2 heterocycles. The highest BCUT2D eigenvalue weighted by Gasteiger charge is 2.25. The summed E-state index contributed by atoms with van der Waals surface area (Å²) in [6.45, 7) is 11.1. The minimum Gasteiger partial charge on any atom is -0.490 e. The molecule has 6 heteroatoms. The number of hydrogen-bond donors (Lipinski definition) is 1. The number of nitrogens with one attached hydrogen (secondary N) is 1. The molecule has 0 spiro atoms. The maximum Gasteiger partial charge on any atom is 0.194 e. The van der Waals surface area contributed by atoms with E-state index >= 15 is 0 Å². The van der Waals surface area contributed by atoms with Gasteiger partial charge in [0.15, 0.2) is 5.96 Å². The summed E-state index contributed by atoms with van der Waals surface area (Å²) < 4.78 is 5.66. The van der Waals surface area contributed by atoms with Crippen LogP contribution >= 0.6 is 24.0 Å². The van der Waals surface area contributed by atoms with Crippen LogP contribution in [0.1, 0.15) is 33.6 Å². The molecule has 1 fully saturated rings. The molecule has 1 aromatic rings. The molecule has 0 aliphatic carbocycles. The fourth-order valence-electron chi connectivity index (χ4n) is 3.06. The van der Waals surface area contributed by atoms with Crippen molar-refractivity contribution < 1.29 is 4.74 Å². The van der Waals surface area contributed by atoms with Gasteiger partial charge in [-0.05, 0) is 43.7 Å². The van der Waals surface area contributed by atoms with Gasteiger partial charge < -0.3 is 15.0 Å². The fourth-order valence-corrected chi connectivity index (χ4v) is 3.06.